The number of benzene rings is 2. The fourth-order valence-corrected chi connectivity index (χ4v) is 4.01. The van der Waals surface area contributed by atoms with E-state index in [9.17, 15) is 29.4 Å². The zero-order valence-electron chi connectivity index (χ0n) is 21.1. The lowest BCUT2D eigenvalue weighted by atomic mass is 9.91. The van der Waals surface area contributed by atoms with Gasteiger partial charge in [0.15, 0.2) is 0 Å². The van der Waals surface area contributed by atoms with Crippen LogP contribution in [0.2, 0.25) is 0 Å². The maximum atomic E-state index is 12.3. The number of carbonyl (C=O) groups is 4. The minimum Gasteiger partial charge on any atom is -0.507 e. The number of aliphatic hydroxyl groups excluding tert-OH is 2. The molecule has 0 aromatic heterocycles. The van der Waals surface area contributed by atoms with Crippen molar-refractivity contribution in [3.05, 3.63) is 71.8 Å². The average molecular weight is 523 g/mol. The summed E-state index contributed by atoms with van der Waals surface area (Å²) in [6, 6.07) is 12.3. The number of amides is 2. The third-order valence-electron chi connectivity index (χ3n) is 6.11. The zero-order valence-corrected chi connectivity index (χ0v) is 21.1. The number of ketones is 2. The Morgan fingerprint density at radius 3 is 1.42 bits per heavy atom. The van der Waals surface area contributed by atoms with Gasteiger partial charge in [0, 0.05) is 35.4 Å². The van der Waals surface area contributed by atoms with Crippen LogP contribution in [0.4, 0.5) is 0 Å². The molecule has 0 atom stereocenters. The van der Waals surface area contributed by atoms with Gasteiger partial charge in [0.2, 0.25) is 11.6 Å². The van der Waals surface area contributed by atoms with Gasteiger partial charge in [-0.25, -0.2) is 0 Å². The molecule has 0 saturated heterocycles. The van der Waals surface area contributed by atoms with E-state index in [1.807, 2.05) is 0 Å². The monoisotopic (exact) mass is 522 g/mol. The van der Waals surface area contributed by atoms with Crippen molar-refractivity contribution in [1.29, 1.82) is 0 Å². The summed E-state index contributed by atoms with van der Waals surface area (Å²) in [7, 11) is 2.95. The van der Waals surface area contributed by atoms with Crippen LogP contribution in [0.3, 0.4) is 0 Å². The van der Waals surface area contributed by atoms with Gasteiger partial charge in [0.05, 0.1) is 14.2 Å². The Hall–Kier alpha value is -4.60. The Kier molecular flexibility index (Phi) is 9.64. The van der Waals surface area contributed by atoms with Crippen molar-refractivity contribution in [3.63, 3.8) is 0 Å². The van der Waals surface area contributed by atoms with Crippen LogP contribution >= 0.6 is 0 Å². The van der Waals surface area contributed by atoms with Crippen LogP contribution in [0.15, 0.2) is 60.7 Å². The molecule has 0 spiro atoms. The first-order valence-corrected chi connectivity index (χ1v) is 12.0. The molecule has 0 heterocycles. The molecule has 1 saturated carbocycles. The molecular formula is C28H30N2O8. The number of nitrogens with one attached hydrogen (secondary N) is 2. The molecule has 0 bridgehead atoms. The Balaban J connectivity index is 1.47. The van der Waals surface area contributed by atoms with Crippen LogP contribution < -0.4 is 20.1 Å². The fourth-order valence-electron chi connectivity index (χ4n) is 4.01. The Labute approximate surface area is 220 Å². The van der Waals surface area contributed by atoms with E-state index >= 15 is 0 Å². The number of hydrogen-bond acceptors (Lipinski definition) is 8. The third-order valence-corrected chi connectivity index (χ3v) is 6.11. The number of rotatable bonds is 10. The van der Waals surface area contributed by atoms with Gasteiger partial charge in [-0.15, -0.1) is 0 Å². The van der Waals surface area contributed by atoms with Crippen molar-refractivity contribution in [3.8, 4) is 11.5 Å². The Bertz CT molecular complexity index is 1160. The minimum atomic E-state index is -0.894. The van der Waals surface area contributed by atoms with E-state index < -0.39 is 23.4 Å². The summed E-state index contributed by atoms with van der Waals surface area (Å²) in [5.41, 5.74) is 0.672. The molecule has 10 nitrogen and oxygen atoms in total. The summed E-state index contributed by atoms with van der Waals surface area (Å²) in [6.45, 7) is 0. The van der Waals surface area contributed by atoms with Crippen molar-refractivity contribution >= 4 is 34.9 Å². The molecule has 0 unspecified atom stereocenters. The Morgan fingerprint density at radius 2 is 1.08 bits per heavy atom. The number of ether oxygens (including phenoxy) is 2. The van der Waals surface area contributed by atoms with Crippen molar-refractivity contribution in [2.75, 3.05) is 14.2 Å². The van der Waals surface area contributed by atoms with Crippen molar-refractivity contribution in [2.24, 2.45) is 0 Å². The first-order chi connectivity index (χ1) is 18.2. The average Bonchev–Trinajstić information content (AvgIpc) is 2.93. The summed E-state index contributed by atoms with van der Waals surface area (Å²) in [5, 5.41) is 25.7. The van der Waals surface area contributed by atoms with Crippen LogP contribution in [-0.4, -0.2) is 59.9 Å². The predicted molar refractivity (Wildman–Crippen MR) is 140 cm³/mol. The number of hydrogen-bond donors (Lipinski definition) is 4. The highest BCUT2D eigenvalue weighted by Gasteiger charge is 2.26. The van der Waals surface area contributed by atoms with E-state index in [1.54, 1.807) is 36.4 Å². The van der Waals surface area contributed by atoms with Gasteiger partial charge in [0.25, 0.3) is 11.8 Å². The molecule has 2 aromatic carbocycles. The van der Waals surface area contributed by atoms with Gasteiger partial charge in [-0.2, -0.15) is 0 Å². The number of aliphatic hydroxyl groups is 2. The number of carbonyl (C=O) groups excluding carboxylic acids is 4. The SMILES string of the molecule is COc1cccc(/C(O)=C/C(=O)C(=O)NC2CCC(NC(=O)C(=O)/C=C(\O)c3cccc(OC)c3)CC2)c1. The fraction of sp³-hybridized carbons (Fsp3) is 0.286. The van der Waals surface area contributed by atoms with Gasteiger partial charge >= 0.3 is 0 Å². The lowest BCUT2D eigenvalue weighted by Gasteiger charge is -2.29. The summed E-state index contributed by atoms with van der Waals surface area (Å²) in [6.07, 6.45) is 3.64. The largest absolute Gasteiger partial charge is 0.507 e. The summed E-state index contributed by atoms with van der Waals surface area (Å²) in [4.78, 5) is 49.2. The maximum Gasteiger partial charge on any atom is 0.292 e. The topological polar surface area (TPSA) is 151 Å². The predicted octanol–water partition coefficient (Wildman–Crippen LogP) is 2.88. The van der Waals surface area contributed by atoms with Gasteiger partial charge in [-0.1, -0.05) is 24.3 Å². The van der Waals surface area contributed by atoms with E-state index in [2.05, 4.69) is 10.6 Å². The van der Waals surface area contributed by atoms with E-state index in [4.69, 9.17) is 9.47 Å². The highest BCUT2D eigenvalue weighted by molar-refractivity contribution is 6.42. The summed E-state index contributed by atoms with van der Waals surface area (Å²) >= 11 is 0. The Morgan fingerprint density at radius 1 is 0.711 bits per heavy atom. The maximum absolute atomic E-state index is 12.3. The van der Waals surface area contributed by atoms with E-state index in [0.717, 1.165) is 12.2 Å². The standard InChI is InChI=1S/C28H30N2O8/c1-37-21-7-3-5-17(13-21)23(31)15-25(33)27(35)29-19-9-11-20(12-10-19)30-28(36)26(34)16-24(32)18-6-4-8-22(14-18)38-2/h3-8,13-16,19-20,31-32H,9-12H2,1-2H3,(H,29,35)(H,30,36)/b23-15-,24-16-. The molecule has 4 N–H and O–H groups in total. The lowest BCUT2D eigenvalue weighted by molar-refractivity contribution is -0.136. The molecule has 38 heavy (non-hydrogen) atoms. The van der Waals surface area contributed by atoms with Crippen molar-refractivity contribution in [2.45, 2.75) is 37.8 Å². The van der Waals surface area contributed by atoms with Crippen LogP contribution in [0.25, 0.3) is 11.5 Å². The molecule has 2 aromatic rings. The van der Waals surface area contributed by atoms with Crippen LogP contribution in [0.5, 0.6) is 11.5 Å². The molecule has 1 aliphatic carbocycles. The lowest BCUT2D eigenvalue weighted by Crippen LogP contribution is -2.46. The van der Waals surface area contributed by atoms with Crippen molar-refractivity contribution < 1.29 is 38.9 Å². The first-order valence-electron chi connectivity index (χ1n) is 12.0. The number of methoxy groups -OCH3 is 2. The van der Waals surface area contributed by atoms with Gasteiger partial charge < -0.3 is 30.3 Å². The molecule has 2 amide bonds. The highest BCUT2D eigenvalue weighted by atomic mass is 16.5. The minimum absolute atomic E-state index is 0.292. The third kappa shape index (κ3) is 7.70. The van der Waals surface area contributed by atoms with Crippen LogP contribution in [0.1, 0.15) is 36.8 Å². The summed E-state index contributed by atoms with van der Waals surface area (Å²) in [5.74, 6) is -3.20. The first kappa shape index (κ1) is 28.0. The highest BCUT2D eigenvalue weighted by Crippen LogP contribution is 2.21. The molecular weight excluding hydrogens is 492 g/mol. The molecule has 3 rings (SSSR count). The smallest absolute Gasteiger partial charge is 0.292 e. The van der Waals surface area contributed by atoms with Crippen molar-refractivity contribution in [1.82, 2.24) is 10.6 Å². The summed E-state index contributed by atoms with van der Waals surface area (Å²) < 4.78 is 10.2. The van der Waals surface area contributed by atoms with E-state index in [0.29, 0.717) is 48.3 Å². The molecule has 0 aliphatic heterocycles. The van der Waals surface area contributed by atoms with Gasteiger partial charge in [-0.05, 0) is 49.9 Å². The quantitative estimate of drug-likeness (QED) is 0.211. The molecule has 10 heteroatoms. The van der Waals surface area contributed by atoms with Crippen LogP contribution in [-0.2, 0) is 19.2 Å². The second-order valence-corrected chi connectivity index (χ2v) is 8.75. The molecule has 1 fully saturated rings. The van der Waals surface area contributed by atoms with E-state index in [-0.39, 0.29) is 23.6 Å². The molecule has 0 radical (unpaired) electrons. The van der Waals surface area contributed by atoms with Gasteiger partial charge in [0.1, 0.15) is 23.0 Å². The van der Waals surface area contributed by atoms with Gasteiger partial charge in [-0.3, -0.25) is 19.2 Å². The molecule has 1 aliphatic rings. The second kappa shape index (κ2) is 13.1. The normalized spacial score (nSPS) is 17.7. The van der Waals surface area contributed by atoms with Crippen LogP contribution in [0, 0.1) is 0 Å². The zero-order chi connectivity index (χ0) is 27.7. The molecule has 200 valence electrons. The second-order valence-electron chi connectivity index (χ2n) is 8.75. The van der Waals surface area contributed by atoms with E-state index in [1.165, 1.54) is 26.4 Å².